The number of aromatic nitrogens is 1. The van der Waals surface area contributed by atoms with Gasteiger partial charge in [0.1, 0.15) is 5.75 Å². The van der Waals surface area contributed by atoms with Gasteiger partial charge in [0.2, 0.25) is 5.91 Å². The molecule has 1 N–H and O–H groups in total. The third-order valence-electron chi connectivity index (χ3n) is 4.01. The summed E-state index contributed by atoms with van der Waals surface area (Å²) in [4.78, 5) is 28.8. The number of amides is 1. The molecule has 0 radical (unpaired) electrons. The molecule has 0 fully saturated rings. The van der Waals surface area contributed by atoms with Crippen molar-refractivity contribution in [1.29, 1.82) is 0 Å². The van der Waals surface area contributed by atoms with Gasteiger partial charge in [0, 0.05) is 36.5 Å². The molecule has 0 aliphatic carbocycles. The van der Waals surface area contributed by atoms with E-state index in [0.717, 1.165) is 36.0 Å². The molecule has 0 bridgehead atoms. The number of methoxy groups -OCH3 is 1. The lowest BCUT2D eigenvalue weighted by Crippen LogP contribution is -2.28. The van der Waals surface area contributed by atoms with Gasteiger partial charge >= 0.3 is 0 Å². The summed E-state index contributed by atoms with van der Waals surface area (Å²) in [5.74, 6) is 0.814. The Kier molecular flexibility index (Phi) is 5.79. The first kappa shape index (κ1) is 17.1. The smallest absolute Gasteiger partial charge is 0.251 e. The van der Waals surface area contributed by atoms with Crippen LogP contribution in [0, 0.1) is 0 Å². The van der Waals surface area contributed by atoms with Crippen LogP contribution in [0.25, 0.3) is 10.9 Å². The second kappa shape index (κ2) is 7.81. The van der Waals surface area contributed by atoms with Gasteiger partial charge in [-0.25, -0.2) is 0 Å². The zero-order valence-electron chi connectivity index (χ0n) is 14.0. The van der Waals surface area contributed by atoms with Crippen LogP contribution in [0.15, 0.2) is 29.1 Å². The molecule has 1 amide bonds. The van der Waals surface area contributed by atoms with Crippen LogP contribution in [0.5, 0.6) is 5.75 Å². The Morgan fingerprint density at radius 3 is 2.78 bits per heavy atom. The lowest BCUT2D eigenvalue weighted by molar-refractivity contribution is -0.129. The summed E-state index contributed by atoms with van der Waals surface area (Å²) in [6, 6.07) is 7.35. The van der Waals surface area contributed by atoms with Crippen molar-refractivity contribution >= 4 is 16.8 Å². The number of aryl methyl sites for hydroxylation is 1. The molecule has 1 aromatic carbocycles. The summed E-state index contributed by atoms with van der Waals surface area (Å²) in [7, 11) is 3.42. The lowest BCUT2D eigenvalue weighted by atomic mass is 10.1. The predicted octanol–water partition coefficient (Wildman–Crippen LogP) is 2.73. The van der Waals surface area contributed by atoms with Crippen LogP contribution in [-0.4, -0.2) is 36.5 Å². The number of nitrogens with zero attached hydrogens (tertiary/aromatic N) is 1. The first-order valence-electron chi connectivity index (χ1n) is 7.99. The second-order valence-corrected chi connectivity index (χ2v) is 5.75. The number of H-pyrrole nitrogens is 1. The third-order valence-corrected chi connectivity index (χ3v) is 4.01. The Morgan fingerprint density at radius 2 is 2.09 bits per heavy atom. The normalized spacial score (nSPS) is 10.7. The van der Waals surface area contributed by atoms with Gasteiger partial charge in [0.15, 0.2) is 0 Å². The zero-order valence-corrected chi connectivity index (χ0v) is 14.0. The van der Waals surface area contributed by atoms with E-state index in [1.54, 1.807) is 12.0 Å². The maximum Gasteiger partial charge on any atom is 0.251 e. The molecule has 0 saturated heterocycles. The topological polar surface area (TPSA) is 62.4 Å². The Morgan fingerprint density at radius 1 is 1.30 bits per heavy atom. The molecular formula is C18H24N2O3. The standard InChI is InChI=1S/C18H24N2O3/c1-4-5-10-20(2)17(21)9-6-13-11-14-12-15(23-3)7-8-16(14)19-18(13)22/h7-8,11-12H,4-6,9-10H2,1-3H3,(H,19,22). The highest BCUT2D eigenvalue weighted by atomic mass is 16.5. The first-order valence-corrected chi connectivity index (χ1v) is 7.99. The summed E-state index contributed by atoms with van der Waals surface area (Å²) >= 11 is 0. The largest absolute Gasteiger partial charge is 0.497 e. The number of benzene rings is 1. The fourth-order valence-corrected chi connectivity index (χ4v) is 2.50. The third kappa shape index (κ3) is 4.34. The predicted molar refractivity (Wildman–Crippen MR) is 92.0 cm³/mol. The molecule has 124 valence electrons. The van der Waals surface area contributed by atoms with E-state index in [1.165, 1.54) is 0 Å². The minimum atomic E-state index is -0.133. The van der Waals surface area contributed by atoms with Crippen molar-refractivity contribution in [2.75, 3.05) is 20.7 Å². The molecule has 1 aromatic heterocycles. The average molecular weight is 316 g/mol. The van der Waals surface area contributed by atoms with E-state index in [4.69, 9.17) is 4.74 Å². The number of ether oxygens (including phenoxy) is 1. The maximum atomic E-state index is 12.1. The van der Waals surface area contributed by atoms with E-state index in [1.807, 2.05) is 31.3 Å². The van der Waals surface area contributed by atoms with Crippen LogP contribution in [0.4, 0.5) is 0 Å². The summed E-state index contributed by atoms with van der Waals surface area (Å²) in [6.45, 7) is 2.86. The van der Waals surface area contributed by atoms with Gasteiger partial charge < -0.3 is 14.6 Å². The molecule has 5 heteroatoms. The Labute approximate surface area is 136 Å². The van der Waals surface area contributed by atoms with Crippen molar-refractivity contribution in [3.63, 3.8) is 0 Å². The van der Waals surface area contributed by atoms with E-state index < -0.39 is 0 Å². The van der Waals surface area contributed by atoms with Gasteiger partial charge in [0.25, 0.3) is 5.56 Å². The number of pyridine rings is 1. The Hall–Kier alpha value is -2.30. The van der Waals surface area contributed by atoms with Crippen LogP contribution >= 0.6 is 0 Å². The molecule has 0 aliphatic heterocycles. The van der Waals surface area contributed by atoms with Crippen LogP contribution in [0.2, 0.25) is 0 Å². The minimum absolute atomic E-state index is 0.0728. The number of unbranched alkanes of at least 4 members (excludes halogenated alkanes) is 1. The summed E-state index contributed by atoms with van der Waals surface area (Å²) < 4.78 is 5.21. The number of nitrogens with one attached hydrogen (secondary N) is 1. The average Bonchev–Trinajstić information content (AvgIpc) is 2.56. The van der Waals surface area contributed by atoms with Crippen molar-refractivity contribution in [1.82, 2.24) is 9.88 Å². The van der Waals surface area contributed by atoms with Gasteiger partial charge in [-0.1, -0.05) is 13.3 Å². The van der Waals surface area contributed by atoms with Crippen molar-refractivity contribution in [3.8, 4) is 5.75 Å². The molecule has 2 rings (SSSR count). The fraction of sp³-hybridized carbons (Fsp3) is 0.444. The number of carbonyl (C=O) groups is 1. The molecule has 0 saturated carbocycles. The van der Waals surface area contributed by atoms with Gasteiger partial charge in [-0.05, 0) is 37.1 Å². The fourth-order valence-electron chi connectivity index (χ4n) is 2.50. The van der Waals surface area contributed by atoms with Gasteiger partial charge in [0.05, 0.1) is 7.11 Å². The van der Waals surface area contributed by atoms with Gasteiger partial charge in [-0.2, -0.15) is 0 Å². The monoisotopic (exact) mass is 316 g/mol. The van der Waals surface area contributed by atoms with Crippen molar-refractivity contribution < 1.29 is 9.53 Å². The van der Waals surface area contributed by atoms with Gasteiger partial charge in [-0.15, -0.1) is 0 Å². The highest BCUT2D eigenvalue weighted by Crippen LogP contribution is 2.19. The molecule has 0 aliphatic rings. The summed E-state index contributed by atoms with van der Waals surface area (Å²) in [6.07, 6.45) is 2.85. The van der Waals surface area contributed by atoms with Crippen LogP contribution in [-0.2, 0) is 11.2 Å². The van der Waals surface area contributed by atoms with Gasteiger partial charge in [-0.3, -0.25) is 9.59 Å². The Balaban J connectivity index is 2.12. The number of aromatic amines is 1. The summed E-state index contributed by atoms with van der Waals surface area (Å²) in [5.41, 5.74) is 1.26. The van der Waals surface area contributed by atoms with E-state index in [9.17, 15) is 9.59 Å². The van der Waals surface area contributed by atoms with E-state index >= 15 is 0 Å². The van der Waals surface area contributed by atoms with E-state index in [0.29, 0.717) is 18.4 Å². The first-order chi connectivity index (χ1) is 11.0. The molecule has 5 nitrogen and oxygen atoms in total. The van der Waals surface area contributed by atoms with E-state index in [2.05, 4.69) is 11.9 Å². The summed E-state index contributed by atoms with van der Waals surface area (Å²) in [5, 5.41) is 0.908. The van der Waals surface area contributed by atoms with Crippen molar-refractivity contribution in [3.05, 3.63) is 40.2 Å². The quantitative estimate of drug-likeness (QED) is 0.854. The number of rotatable bonds is 7. The number of fused-ring (bicyclic) bond motifs is 1. The number of carbonyl (C=O) groups excluding carboxylic acids is 1. The number of hydrogen-bond acceptors (Lipinski definition) is 3. The minimum Gasteiger partial charge on any atom is -0.497 e. The van der Waals surface area contributed by atoms with Crippen molar-refractivity contribution in [2.24, 2.45) is 0 Å². The molecule has 2 aromatic rings. The zero-order chi connectivity index (χ0) is 16.8. The SMILES string of the molecule is CCCCN(C)C(=O)CCc1cc2cc(OC)ccc2[nH]c1=O. The number of hydrogen-bond donors (Lipinski definition) is 1. The molecule has 0 spiro atoms. The second-order valence-electron chi connectivity index (χ2n) is 5.75. The maximum absolute atomic E-state index is 12.1. The van der Waals surface area contributed by atoms with E-state index in [-0.39, 0.29) is 11.5 Å². The molecule has 0 atom stereocenters. The van der Waals surface area contributed by atoms with Crippen molar-refractivity contribution in [2.45, 2.75) is 32.6 Å². The highest BCUT2D eigenvalue weighted by Gasteiger charge is 2.10. The van der Waals surface area contributed by atoms with Crippen LogP contribution in [0.1, 0.15) is 31.7 Å². The molecular weight excluding hydrogens is 292 g/mol. The Bertz CT molecular complexity index is 737. The molecule has 0 unspecified atom stereocenters. The molecule has 23 heavy (non-hydrogen) atoms. The van der Waals surface area contributed by atoms with Crippen LogP contribution < -0.4 is 10.3 Å². The highest BCUT2D eigenvalue weighted by molar-refractivity contribution is 5.81. The molecule has 1 heterocycles. The lowest BCUT2D eigenvalue weighted by Gasteiger charge is -2.16. The van der Waals surface area contributed by atoms with Crippen LogP contribution in [0.3, 0.4) is 0 Å².